The molecule has 0 saturated carbocycles. The average Bonchev–Trinajstić information content (AvgIpc) is 3.29. The maximum absolute atomic E-state index is 13.5. The standard InChI is InChI=1S/C26H31F3N6/c27-26(28,29)25-15-24(35(25)17-22-9-5-2-6-10-22)20-34-19-23(30-31-34)18-33-13-11-32(12-14-33)16-21-7-3-1-4-8-21/h1-10,19,24-25H,11-18,20H2/t24-,25+/m0/s1. The van der Waals surface area contributed by atoms with Gasteiger partial charge in [0, 0.05) is 58.1 Å². The second kappa shape index (κ2) is 10.5. The lowest BCUT2D eigenvalue weighted by Gasteiger charge is -2.49. The third-order valence-electron chi connectivity index (χ3n) is 7.03. The monoisotopic (exact) mass is 484 g/mol. The van der Waals surface area contributed by atoms with Crippen LogP contribution in [0.1, 0.15) is 23.2 Å². The Morgan fingerprint density at radius 2 is 1.34 bits per heavy atom. The highest BCUT2D eigenvalue weighted by Gasteiger charge is 2.53. The molecule has 2 aliphatic heterocycles. The Morgan fingerprint density at radius 1 is 0.771 bits per heavy atom. The summed E-state index contributed by atoms with van der Waals surface area (Å²) in [6, 6.07) is 18.2. The highest BCUT2D eigenvalue weighted by atomic mass is 19.4. The number of alkyl halides is 3. The number of halogens is 3. The molecule has 1 aromatic heterocycles. The zero-order chi connectivity index (χ0) is 24.3. The van der Waals surface area contributed by atoms with Gasteiger partial charge in [0.2, 0.25) is 0 Å². The summed E-state index contributed by atoms with van der Waals surface area (Å²) in [6.07, 6.45) is -2.24. The maximum atomic E-state index is 13.5. The summed E-state index contributed by atoms with van der Waals surface area (Å²) < 4.78 is 42.2. The summed E-state index contributed by atoms with van der Waals surface area (Å²) in [6.45, 7) is 6.28. The molecule has 0 amide bonds. The first-order valence-corrected chi connectivity index (χ1v) is 12.2. The van der Waals surface area contributed by atoms with Crippen LogP contribution in [-0.4, -0.2) is 74.1 Å². The van der Waals surface area contributed by atoms with Gasteiger partial charge in [-0.05, 0) is 17.5 Å². The quantitative estimate of drug-likeness (QED) is 0.487. The smallest absolute Gasteiger partial charge is 0.297 e. The molecule has 186 valence electrons. The van der Waals surface area contributed by atoms with Crippen LogP contribution < -0.4 is 0 Å². The number of aromatic nitrogens is 3. The van der Waals surface area contributed by atoms with E-state index in [0.717, 1.165) is 44.0 Å². The van der Waals surface area contributed by atoms with Crippen molar-refractivity contribution in [3.63, 3.8) is 0 Å². The fourth-order valence-corrected chi connectivity index (χ4v) is 5.07. The van der Waals surface area contributed by atoms with Gasteiger partial charge in [0.25, 0.3) is 0 Å². The minimum atomic E-state index is -4.22. The Labute approximate surface area is 203 Å². The number of hydrogen-bond acceptors (Lipinski definition) is 5. The molecule has 6 nitrogen and oxygen atoms in total. The minimum Gasteiger partial charge on any atom is -0.297 e. The fraction of sp³-hybridized carbons (Fsp3) is 0.462. The van der Waals surface area contributed by atoms with Crippen LogP contribution in [0.2, 0.25) is 0 Å². The lowest BCUT2D eigenvalue weighted by atomic mass is 9.91. The van der Waals surface area contributed by atoms with Crippen molar-refractivity contribution >= 4 is 0 Å². The molecule has 5 rings (SSSR count). The van der Waals surface area contributed by atoms with E-state index in [1.807, 2.05) is 42.6 Å². The summed E-state index contributed by atoms with van der Waals surface area (Å²) in [5.74, 6) is 0. The van der Waals surface area contributed by atoms with Crippen LogP contribution in [0.25, 0.3) is 0 Å². The second-order valence-electron chi connectivity index (χ2n) is 9.57. The van der Waals surface area contributed by atoms with Gasteiger partial charge in [-0.2, -0.15) is 13.2 Å². The molecule has 2 aliphatic rings. The summed E-state index contributed by atoms with van der Waals surface area (Å²) in [7, 11) is 0. The zero-order valence-corrected chi connectivity index (χ0v) is 19.7. The molecular weight excluding hydrogens is 453 g/mol. The van der Waals surface area contributed by atoms with E-state index in [1.54, 1.807) is 9.58 Å². The Morgan fingerprint density at radius 3 is 1.94 bits per heavy atom. The number of likely N-dealkylation sites (tertiary alicyclic amines) is 1. The molecule has 2 fully saturated rings. The van der Waals surface area contributed by atoms with Crippen molar-refractivity contribution in [3.8, 4) is 0 Å². The van der Waals surface area contributed by atoms with Gasteiger partial charge in [-0.25, -0.2) is 0 Å². The molecule has 0 unspecified atom stereocenters. The van der Waals surface area contributed by atoms with E-state index in [-0.39, 0.29) is 19.0 Å². The third kappa shape index (κ3) is 6.09. The normalized spacial score (nSPS) is 22.3. The van der Waals surface area contributed by atoms with E-state index in [4.69, 9.17) is 0 Å². The van der Waals surface area contributed by atoms with Crippen LogP contribution in [0.3, 0.4) is 0 Å². The Balaban J connectivity index is 1.13. The minimum absolute atomic E-state index is 0.0922. The lowest BCUT2D eigenvalue weighted by molar-refractivity contribution is -0.230. The summed E-state index contributed by atoms with van der Waals surface area (Å²) in [5.41, 5.74) is 3.08. The first kappa shape index (κ1) is 24.0. The molecule has 0 radical (unpaired) electrons. The van der Waals surface area contributed by atoms with E-state index >= 15 is 0 Å². The second-order valence-corrected chi connectivity index (χ2v) is 9.57. The fourth-order valence-electron chi connectivity index (χ4n) is 5.07. The zero-order valence-electron chi connectivity index (χ0n) is 19.7. The predicted octanol–water partition coefficient (Wildman–Crippen LogP) is 3.80. The molecule has 3 aromatic rings. The van der Waals surface area contributed by atoms with Crippen LogP contribution >= 0.6 is 0 Å². The van der Waals surface area contributed by atoms with Crippen molar-refractivity contribution in [2.75, 3.05) is 26.2 Å². The number of hydrogen-bond donors (Lipinski definition) is 0. The molecule has 0 aliphatic carbocycles. The van der Waals surface area contributed by atoms with E-state index in [1.165, 1.54) is 5.56 Å². The third-order valence-corrected chi connectivity index (χ3v) is 7.03. The molecule has 0 N–H and O–H groups in total. The van der Waals surface area contributed by atoms with Crippen molar-refractivity contribution < 1.29 is 13.2 Å². The highest BCUT2D eigenvalue weighted by Crippen LogP contribution is 2.39. The first-order valence-electron chi connectivity index (χ1n) is 12.2. The van der Waals surface area contributed by atoms with Crippen LogP contribution in [0.5, 0.6) is 0 Å². The molecule has 9 heteroatoms. The number of nitrogens with zero attached hydrogens (tertiary/aromatic N) is 6. The lowest BCUT2D eigenvalue weighted by Crippen LogP contribution is -2.62. The SMILES string of the molecule is FC(F)(F)[C@H]1C[C@@H](Cn2cc(CN3CCN(Cc4ccccc4)CC3)nn2)N1Cc1ccccc1. The van der Waals surface area contributed by atoms with Crippen LogP contribution in [0.4, 0.5) is 13.2 Å². The molecule has 35 heavy (non-hydrogen) atoms. The van der Waals surface area contributed by atoms with Crippen LogP contribution in [0, 0.1) is 0 Å². The Kier molecular flexibility index (Phi) is 7.17. The average molecular weight is 485 g/mol. The van der Waals surface area contributed by atoms with Gasteiger partial charge in [-0.3, -0.25) is 19.4 Å². The van der Waals surface area contributed by atoms with E-state index in [9.17, 15) is 13.2 Å². The number of benzene rings is 2. The first-order chi connectivity index (χ1) is 16.9. The summed E-state index contributed by atoms with van der Waals surface area (Å²) >= 11 is 0. The van der Waals surface area contributed by atoms with E-state index in [0.29, 0.717) is 13.1 Å². The Hall–Kier alpha value is -2.75. The van der Waals surface area contributed by atoms with Gasteiger partial charge in [0.05, 0.1) is 12.2 Å². The molecule has 0 spiro atoms. The van der Waals surface area contributed by atoms with Crippen LogP contribution in [0.15, 0.2) is 66.9 Å². The van der Waals surface area contributed by atoms with Crippen molar-refractivity contribution in [1.29, 1.82) is 0 Å². The number of rotatable bonds is 8. The molecule has 2 saturated heterocycles. The van der Waals surface area contributed by atoms with Gasteiger partial charge in [-0.15, -0.1) is 5.10 Å². The van der Waals surface area contributed by atoms with Gasteiger partial charge in [-0.1, -0.05) is 65.9 Å². The van der Waals surface area contributed by atoms with Gasteiger partial charge >= 0.3 is 6.18 Å². The van der Waals surface area contributed by atoms with Crippen molar-refractivity contribution in [1.82, 2.24) is 29.7 Å². The molecule has 2 aromatic carbocycles. The largest absolute Gasteiger partial charge is 0.404 e. The van der Waals surface area contributed by atoms with Gasteiger partial charge in [0.1, 0.15) is 6.04 Å². The maximum Gasteiger partial charge on any atom is 0.404 e. The van der Waals surface area contributed by atoms with E-state index < -0.39 is 12.2 Å². The molecule has 3 heterocycles. The number of piperazine rings is 1. The summed E-state index contributed by atoms with van der Waals surface area (Å²) in [4.78, 5) is 6.36. The molecular formula is C26H31F3N6. The van der Waals surface area contributed by atoms with Gasteiger partial charge < -0.3 is 0 Å². The summed E-state index contributed by atoms with van der Waals surface area (Å²) in [5, 5.41) is 8.53. The van der Waals surface area contributed by atoms with E-state index in [2.05, 4.69) is 44.4 Å². The molecule has 2 atom stereocenters. The van der Waals surface area contributed by atoms with Gasteiger partial charge in [0.15, 0.2) is 0 Å². The van der Waals surface area contributed by atoms with Crippen LogP contribution in [-0.2, 0) is 26.2 Å². The predicted molar refractivity (Wildman–Crippen MR) is 127 cm³/mol. The van der Waals surface area contributed by atoms with Crippen molar-refractivity contribution in [2.45, 2.75) is 50.9 Å². The Bertz CT molecular complexity index is 1060. The van der Waals surface area contributed by atoms with Crippen molar-refractivity contribution in [2.24, 2.45) is 0 Å². The van der Waals surface area contributed by atoms with Crippen molar-refractivity contribution in [3.05, 3.63) is 83.7 Å². The molecule has 0 bridgehead atoms. The topological polar surface area (TPSA) is 40.4 Å². The highest BCUT2D eigenvalue weighted by molar-refractivity contribution is 5.16.